The highest BCUT2D eigenvalue weighted by Crippen LogP contribution is 2.40. The van der Waals surface area contributed by atoms with Crippen molar-refractivity contribution < 1.29 is 63.2 Å². The van der Waals surface area contributed by atoms with Crippen molar-refractivity contribution in [3.05, 3.63) is 24.3 Å². The fourth-order valence-corrected chi connectivity index (χ4v) is 8.08. The van der Waals surface area contributed by atoms with Crippen molar-refractivity contribution in [3.63, 3.8) is 0 Å². The van der Waals surface area contributed by atoms with Crippen molar-refractivity contribution in [2.75, 3.05) is 7.11 Å². The molecule has 0 aromatic rings. The predicted octanol–water partition coefficient (Wildman–Crippen LogP) is 2.64. The van der Waals surface area contributed by atoms with Crippen LogP contribution in [0.3, 0.4) is 0 Å². The van der Waals surface area contributed by atoms with Gasteiger partial charge in [-0.3, -0.25) is 4.79 Å². The number of carbonyl (C=O) groups is 2. The number of ether oxygens (including phenoxy) is 7. The van der Waals surface area contributed by atoms with E-state index in [1.807, 2.05) is 19.1 Å². The number of rotatable bonds is 6. The first-order chi connectivity index (χ1) is 23.8. The molecule has 4 fully saturated rings. The Labute approximate surface area is 295 Å². The second kappa shape index (κ2) is 17.3. The molecule has 0 amide bonds. The van der Waals surface area contributed by atoms with Gasteiger partial charge in [-0.05, 0) is 44.4 Å². The molecule has 13 heteroatoms. The predicted molar refractivity (Wildman–Crippen MR) is 179 cm³/mol. The molecule has 0 radical (unpaired) electrons. The molecule has 0 spiro atoms. The van der Waals surface area contributed by atoms with Gasteiger partial charge in [0, 0.05) is 45.6 Å². The van der Waals surface area contributed by atoms with Gasteiger partial charge in [-0.25, -0.2) is 4.79 Å². The van der Waals surface area contributed by atoms with Gasteiger partial charge in [-0.15, -0.1) is 0 Å². The first-order valence-corrected chi connectivity index (χ1v) is 18.5. The minimum absolute atomic E-state index is 0.0124. The molecule has 4 N–H and O–H groups in total. The molecule has 5 heterocycles. The third kappa shape index (κ3) is 9.34. The molecule has 16 atom stereocenters. The van der Waals surface area contributed by atoms with Crippen molar-refractivity contribution in [1.82, 2.24) is 0 Å². The van der Waals surface area contributed by atoms with E-state index in [-0.39, 0.29) is 49.7 Å². The van der Waals surface area contributed by atoms with Crippen molar-refractivity contribution in [3.8, 4) is 0 Å². The summed E-state index contributed by atoms with van der Waals surface area (Å²) in [6.07, 6.45) is 1.62. The lowest BCUT2D eigenvalue weighted by Crippen LogP contribution is -2.59. The van der Waals surface area contributed by atoms with E-state index in [9.17, 15) is 30.0 Å². The number of methoxy groups -OCH3 is 1. The van der Waals surface area contributed by atoms with Crippen molar-refractivity contribution in [2.24, 2.45) is 11.8 Å². The third-order valence-corrected chi connectivity index (χ3v) is 10.9. The molecule has 5 rings (SSSR count). The fourth-order valence-electron chi connectivity index (χ4n) is 8.08. The van der Waals surface area contributed by atoms with Crippen molar-refractivity contribution in [2.45, 2.75) is 177 Å². The quantitative estimate of drug-likeness (QED) is 0.296. The molecule has 13 nitrogen and oxygen atoms in total. The van der Waals surface area contributed by atoms with E-state index in [0.717, 1.165) is 0 Å². The van der Waals surface area contributed by atoms with Gasteiger partial charge in [-0.1, -0.05) is 45.1 Å². The summed E-state index contributed by atoms with van der Waals surface area (Å²) in [5, 5.41) is 44.2. The first-order valence-electron chi connectivity index (χ1n) is 18.5. The van der Waals surface area contributed by atoms with Crippen LogP contribution >= 0.6 is 0 Å². The molecule has 0 aromatic heterocycles. The van der Waals surface area contributed by atoms with Crippen LogP contribution in [0.5, 0.6) is 0 Å². The number of hydrogen-bond acceptors (Lipinski definition) is 13. The van der Waals surface area contributed by atoms with Crippen LogP contribution in [0.15, 0.2) is 24.3 Å². The number of aliphatic hydroxyl groups is 4. The maximum absolute atomic E-state index is 13.4. The number of aliphatic hydroxyl groups excluding tert-OH is 3. The van der Waals surface area contributed by atoms with Crippen LogP contribution in [0.2, 0.25) is 0 Å². The molecule has 50 heavy (non-hydrogen) atoms. The molecule has 0 aliphatic carbocycles. The standard InChI is InChI=1S/C37H58O13/c1-6-10-31(39)50-30-18-25-16-24(47-35-34(44-5)33(41)32(40)22(4)45-35)15-23(46-25)13-20(2)11-8-7-9-12-28-21(3)14-29(49-28)27(38)17-26-19-37(30,43)36(42)48-26/h7-9,11,20-30,32-35,38,40-41,43H,6,10,12-19H2,1-5H3/t20-,21+,22-,23+,24-,25+,26+,27+,28+,29+,30-,32+,33+,34+,35-,37+/m0/s1. The second-order valence-corrected chi connectivity index (χ2v) is 15.1. The topological polar surface area (TPSA) is 180 Å². The summed E-state index contributed by atoms with van der Waals surface area (Å²) in [4.78, 5) is 26.3. The van der Waals surface area contributed by atoms with E-state index < -0.39 is 84.9 Å². The highest BCUT2D eigenvalue weighted by atomic mass is 16.7. The molecule has 5 aliphatic heterocycles. The zero-order valence-corrected chi connectivity index (χ0v) is 30.0. The van der Waals surface area contributed by atoms with E-state index in [1.165, 1.54) is 7.11 Å². The Morgan fingerprint density at radius 3 is 2.38 bits per heavy atom. The Morgan fingerprint density at radius 1 is 0.920 bits per heavy atom. The lowest BCUT2D eigenvalue weighted by atomic mass is 9.85. The van der Waals surface area contributed by atoms with E-state index in [1.54, 1.807) is 6.92 Å². The highest BCUT2D eigenvalue weighted by molar-refractivity contribution is 5.83. The zero-order valence-electron chi connectivity index (χ0n) is 30.0. The van der Waals surface area contributed by atoms with E-state index in [0.29, 0.717) is 38.5 Å². The monoisotopic (exact) mass is 710 g/mol. The number of allylic oxidation sites excluding steroid dienone is 3. The maximum Gasteiger partial charge on any atom is 0.342 e. The Hall–Kier alpha value is -1.94. The van der Waals surface area contributed by atoms with Gasteiger partial charge in [-0.2, -0.15) is 0 Å². The second-order valence-electron chi connectivity index (χ2n) is 15.1. The number of carbonyl (C=O) groups excluding carboxylic acids is 2. The molecule has 4 saturated heterocycles. The van der Waals surface area contributed by atoms with Gasteiger partial charge in [0.25, 0.3) is 0 Å². The molecule has 5 aliphatic rings. The van der Waals surface area contributed by atoms with Crippen molar-refractivity contribution >= 4 is 11.9 Å². The Morgan fingerprint density at radius 2 is 1.66 bits per heavy atom. The molecule has 0 saturated carbocycles. The van der Waals surface area contributed by atoms with Gasteiger partial charge < -0.3 is 53.6 Å². The Bertz CT molecular complexity index is 1190. The Balaban J connectivity index is 1.42. The average molecular weight is 711 g/mol. The van der Waals surface area contributed by atoms with Gasteiger partial charge in [0.2, 0.25) is 5.60 Å². The normalized spacial score (nSPS) is 45.9. The Kier molecular flexibility index (Phi) is 13.6. The number of fused-ring (bicyclic) bond motifs is 6. The summed E-state index contributed by atoms with van der Waals surface area (Å²) in [6.45, 7) is 7.67. The van der Waals surface area contributed by atoms with E-state index in [4.69, 9.17) is 33.2 Å². The average Bonchev–Trinajstić information content (AvgIpc) is 3.57. The van der Waals surface area contributed by atoms with E-state index in [2.05, 4.69) is 26.0 Å². The van der Waals surface area contributed by atoms with Crippen LogP contribution in [0, 0.1) is 11.8 Å². The fraction of sp³-hybridized carbons (Fsp3) is 0.838. The van der Waals surface area contributed by atoms with Crippen LogP contribution in [-0.2, 0) is 42.7 Å². The summed E-state index contributed by atoms with van der Waals surface area (Å²) in [5.74, 6) is -1.12. The van der Waals surface area contributed by atoms with Crippen LogP contribution in [0.25, 0.3) is 0 Å². The molecular weight excluding hydrogens is 652 g/mol. The minimum Gasteiger partial charge on any atom is -0.460 e. The SMILES string of the molecule is CCCC(=O)O[C@H]1C[C@H]2C[C@@H](O[C@@H]3O[C@@H](C)[C@@H](O)[C@@H](O)[C@H]3OC)C[C@@H](C[C@@H](C)C=CC=CC[C@H]3O[C@H](C[C@H]3C)[C@H](O)C[C@@H]3C[C@]1(O)C(=O)O3)O2. The summed E-state index contributed by atoms with van der Waals surface area (Å²) in [5.41, 5.74) is -2.15. The molecule has 0 aromatic carbocycles. The molecule has 6 bridgehead atoms. The van der Waals surface area contributed by atoms with Gasteiger partial charge in [0.1, 0.15) is 30.5 Å². The van der Waals surface area contributed by atoms with E-state index >= 15 is 0 Å². The minimum atomic E-state index is -2.15. The number of esters is 2. The van der Waals surface area contributed by atoms with Gasteiger partial charge in [0.15, 0.2) is 6.29 Å². The summed E-state index contributed by atoms with van der Waals surface area (Å²) in [6, 6.07) is 0. The summed E-state index contributed by atoms with van der Waals surface area (Å²) >= 11 is 0. The van der Waals surface area contributed by atoms with Crippen LogP contribution in [-0.4, -0.2) is 125 Å². The molecule has 284 valence electrons. The molecule has 0 unspecified atom stereocenters. The van der Waals surface area contributed by atoms with Crippen LogP contribution < -0.4 is 0 Å². The lowest BCUT2D eigenvalue weighted by Gasteiger charge is -2.44. The smallest absolute Gasteiger partial charge is 0.342 e. The van der Waals surface area contributed by atoms with Crippen molar-refractivity contribution in [1.29, 1.82) is 0 Å². The highest BCUT2D eigenvalue weighted by Gasteiger charge is 2.57. The first kappa shape index (κ1) is 39.3. The van der Waals surface area contributed by atoms with Gasteiger partial charge in [0.05, 0.1) is 42.7 Å². The maximum atomic E-state index is 13.4. The number of hydrogen-bond donors (Lipinski definition) is 4. The van der Waals surface area contributed by atoms with Crippen LogP contribution in [0.1, 0.15) is 91.9 Å². The lowest BCUT2D eigenvalue weighted by molar-refractivity contribution is -0.316. The van der Waals surface area contributed by atoms with Gasteiger partial charge >= 0.3 is 11.9 Å². The summed E-state index contributed by atoms with van der Waals surface area (Å²) in [7, 11) is 1.42. The third-order valence-electron chi connectivity index (χ3n) is 10.9. The van der Waals surface area contributed by atoms with Crippen LogP contribution in [0.4, 0.5) is 0 Å². The largest absolute Gasteiger partial charge is 0.460 e. The summed E-state index contributed by atoms with van der Waals surface area (Å²) < 4.78 is 42.2. The zero-order chi connectivity index (χ0) is 36.2. The molecular formula is C37H58O13.